The van der Waals surface area contributed by atoms with Gasteiger partial charge in [0.1, 0.15) is 6.29 Å². The van der Waals surface area contributed by atoms with Crippen molar-refractivity contribution in [2.24, 2.45) is 5.92 Å². The van der Waals surface area contributed by atoms with Crippen LogP contribution in [0.25, 0.3) is 5.03 Å². The van der Waals surface area contributed by atoms with Gasteiger partial charge in [0.15, 0.2) is 0 Å². The average Bonchev–Trinajstić information content (AvgIpc) is 2.81. The molecule has 3 aliphatic rings. The first-order valence-electron chi connectivity index (χ1n) is 13.0. The lowest BCUT2D eigenvalue weighted by Crippen LogP contribution is -2.38. The summed E-state index contributed by atoms with van der Waals surface area (Å²) in [6, 6.07) is 2.09. The number of piperidine rings is 1. The van der Waals surface area contributed by atoms with E-state index in [-0.39, 0.29) is 0 Å². The van der Waals surface area contributed by atoms with E-state index in [1.165, 1.54) is 68.9 Å². The molecule has 1 aromatic carbocycles. The molecule has 1 saturated heterocycles. The first-order valence-corrected chi connectivity index (χ1v) is 14.6. The van der Waals surface area contributed by atoms with Crippen molar-refractivity contribution < 1.29 is 4.79 Å². The standard InChI is InChI=1S/C20H29Cl2N3S.C6H11N.C2H4O/c1-5-13(2)19(22)18-14(3)20-16(9-17(18)21)12-25(26-23-20)11-15-7-6-8-24(4)10-15;1-7-5-6-3-2-4-6;1-2-3/h9,15,23H,5-8,10-12H2,1-4H3;5,7H,2-4H2,1H3;2H,1H3/b19-13+;;. The molecular weight excluding hydrogens is 511 g/mol. The number of likely N-dealkylation sites (tertiary alicyclic amines) is 1. The number of nitrogens with zero attached hydrogens (tertiary/aromatic N) is 2. The minimum atomic E-state index is 0.741. The Morgan fingerprint density at radius 1 is 1.33 bits per heavy atom. The van der Waals surface area contributed by atoms with E-state index in [0.29, 0.717) is 0 Å². The van der Waals surface area contributed by atoms with Crippen molar-refractivity contribution in [1.82, 2.24) is 14.5 Å². The SMILES string of the molecule is CC/C(C)=C(/Cl)c1c(Cl)cc2c(c1C)NSN(CC1CCCN(C)C1)C2.CC=O.CNC=C1CCC1. The van der Waals surface area contributed by atoms with Crippen molar-refractivity contribution in [2.75, 3.05) is 38.5 Å². The quantitative estimate of drug-likeness (QED) is 0.288. The van der Waals surface area contributed by atoms with Crippen LogP contribution in [-0.2, 0) is 11.3 Å². The van der Waals surface area contributed by atoms with Crippen LogP contribution in [0.1, 0.15) is 76.0 Å². The number of allylic oxidation sites excluding steroid dienone is 2. The Hall–Kier alpha value is -1.18. The second-order valence-corrected chi connectivity index (χ2v) is 11.5. The second kappa shape index (κ2) is 15.9. The number of hydrogen-bond donors (Lipinski definition) is 2. The fraction of sp³-hybridized carbons (Fsp3) is 0.607. The van der Waals surface area contributed by atoms with E-state index in [1.54, 1.807) is 17.7 Å². The molecule has 1 aliphatic carbocycles. The predicted octanol–water partition coefficient (Wildman–Crippen LogP) is 7.64. The third kappa shape index (κ3) is 8.98. The Morgan fingerprint density at radius 2 is 2.03 bits per heavy atom. The lowest BCUT2D eigenvalue weighted by atomic mass is 9.94. The Bertz CT molecular complexity index is 929. The predicted molar refractivity (Wildman–Crippen MR) is 160 cm³/mol. The number of carbonyl (C=O) groups is 1. The molecule has 1 aromatic rings. The highest BCUT2D eigenvalue weighted by molar-refractivity contribution is 7.98. The van der Waals surface area contributed by atoms with Crippen LogP contribution < -0.4 is 10.0 Å². The third-order valence-electron chi connectivity index (χ3n) is 6.89. The molecule has 0 radical (unpaired) electrons. The van der Waals surface area contributed by atoms with Gasteiger partial charge in [-0.25, -0.2) is 4.31 Å². The fourth-order valence-corrected chi connectivity index (χ4v) is 6.41. The van der Waals surface area contributed by atoms with Crippen LogP contribution in [0.5, 0.6) is 0 Å². The Labute approximate surface area is 233 Å². The maximum atomic E-state index is 8.81. The smallest absolute Gasteiger partial charge is 0.116 e. The Balaban J connectivity index is 0.000000383. The molecule has 0 amide bonds. The number of carbonyl (C=O) groups excluding carboxylic acids is 1. The van der Waals surface area contributed by atoms with Crippen molar-refractivity contribution >= 4 is 52.3 Å². The van der Waals surface area contributed by atoms with Gasteiger partial charge in [0.25, 0.3) is 0 Å². The van der Waals surface area contributed by atoms with Gasteiger partial charge in [0.2, 0.25) is 0 Å². The molecule has 36 heavy (non-hydrogen) atoms. The number of rotatable bonds is 5. The normalized spacial score (nSPS) is 20.2. The highest BCUT2D eigenvalue weighted by Gasteiger charge is 2.26. The summed E-state index contributed by atoms with van der Waals surface area (Å²) in [4.78, 5) is 11.3. The number of fused-ring (bicyclic) bond motifs is 1. The Kier molecular flexibility index (Phi) is 13.7. The summed E-state index contributed by atoms with van der Waals surface area (Å²) in [5.41, 5.74) is 7.30. The van der Waals surface area contributed by atoms with Crippen LogP contribution in [0.15, 0.2) is 23.4 Å². The summed E-state index contributed by atoms with van der Waals surface area (Å²) in [5.74, 6) is 0.741. The molecule has 1 saturated carbocycles. The minimum absolute atomic E-state index is 0.741. The van der Waals surface area contributed by atoms with Gasteiger partial charge >= 0.3 is 0 Å². The van der Waals surface area contributed by atoms with Gasteiger partial charge in [-0.1, -0.05) is 41.3 Å². The lowest BCUT2D eigenvalue weighted by Gasteiger charge is -2.36. The van der Waals surface area contributed by atoms with Gasteiger partial charge in [-0.15, -0.1) is 0 Å². The van der Waals surface area contributed by atoms with E-state index in [9.17, 15) is 0 Å². The first-order chi connectivity index (χ1) is 17.2. The van der Waals surface area contributed by atoms with Crippen LogP contribution in [0.3, 0.4) is 0 Å². The van der Waals surface area contributed by atoms with Gasteiger partial charge in [0.05, 0.1) is 10.7 Å². The molecule has 1 atom stereocenters. The van der Waals surface area contributed by atoms with Gasteiger partial charge in [0, 0.05) is 49.4 Å². The number of benzene rings is 1. The number of halogens is 2. The number of anilines is 1. The summed E-state index contributed by atoms with van der Waals surface area (Å²) < 4.78 is 5.98. The molecule has 0 spiro atoms. The van der Waals surface area contributed by atoms with Crippen molar-refractivity contribution in [3.63, 3.8) is 0 Å². The second-order valence-electron chi connectivity index (χ2n) is 9.81. The van der Waals surface area contributed by atoms with E-state index in [2.05, 4.69) is 59.3 Å². The molecule has 8 heteroatoms. The zero-order valence-corrected chi connectivity index (χ0v) is 25.2. The molecule has 1 unspecified atom stereocenters. The zero-order chi connectivity index (χ0) is 26.7. The van der Waals surface area contributed by atoms with Crippen LogP contribution >= 0.6 is 35.3 Å². The summed E-state index contributed by atoms with van der Waals surface area (Å²) in [6.45, 7) is 12.2. The Morgan fingerprint density at radius 3 is 2.56 bits per heavy atom. The van der Waals surface area contributed by atoms with Crippen LogP contribution in [0.4, 0.5) is 5.69 Å². The number of aldehydes is 1. The van der Waals surface area contributed by atoms with Gasteiger partial charge in [-0.05, 0) is 102 Å². The summed E-state index contributed by atoms with van der Waals surface area (Å²) in [7, 11) is 4.18. The molecule has 2 aliphatic heterocycles. The van der Waals surface area contributed by atoms with Crippen LogP contribution in [0, 0.1) is 12.8 Å². The minimum Gasteiger partial charge on any atom is -0.394 e. The molecule has 2 heterocycles. The molecule has 4 rings (SSSR count). The van der Waals surface area contributed by atoms with Gasteiger partial charge in [-0.2, -0.15) is 0 Å². The average molecular weight is 556 g/mol. The van der Waals surface area contributed by atoms with E-state index in [1.807, 2.05) is 7.05 Å². The van der Waals surface area contributed by atoms with Gasteiger partial charge in [-0.3, -0.25) is 0 Å². The highest BCUT2D eigenvalue weighted by atomic mass is 35.5. The van der Waals surface area contributed by atoms with E-state index < -0.39 is 0 Å². The molecular formula is C28H44Cl2N4OS. The molecule has 202 valence electrons. The zero-order valence-electron chi connectivity index (χ0n) is 22.8. The van der Waals surface area contributed by atoms with Crippen molar-refractivity contribution in [3.8, 4) is 0 Å². The first kappa shape index (κ1) is 31.0. The van der Waals surface area contributed by atoms with E-state index >= 15 is 0 Å². The largest absolute Gasteiger partial charge is 0.394 e. The molecule has 0 bridgehead atoms. The van der Waals surface area contributed by atoms with E-state index in [4.69, 9.17) is 28.0 Å². The maximum Gasteiger partial charge on any atom is 0.116 e. The molecule has 2 fully saturated rings. The topological polar surface area (TPSA) is 47.6 Å². The lowest BCUT2D eigenvalue weighted by molar-refractivity contribution is -0.106. The van der Waals surface area contributed by atoms with Crippen molar-refractivity contribution in [3.05, 3.63) is 45.1 Å². The van der Waals surface area contributed by atoms with Crippen molar-refractivity contribution in [2.45, 2.75) is 72.8 Å². The third-order valence-corrected chi connectivity index (χ3v) is 8.53. The number of nitrogens with one attached hydrogen (secondary N) is 2. The number of hydrogen-bond acceptors (Lipinski definition) is 6. The summed E-state index contributed by atoms with van der Waals surface area (Å²) in [6.07, 6.45) is 10.4. The van der Waals surface area contributed by atoms with Crippen LogP contribution in [-0.4, -0.2) is 49.2 Å². The fourth-order valence-electron chi connectivity index (χ4n) is 4.62. The summed E-state index contributed by atoms with van der Waals surface area (Å²) >= 11 is 15.0. The molecule has 2 N–H and O–H groups in total. The highest BCUT2D eigenvalue weighted by Crippen LogP contribution is 2.42. The van der Waals surface area contributed by atoms with Crippen LogP contribution in [0.2, 0.25) is 5.02 Å². The molecule has 0 aromatic heterocycles. The van der Waals surface area contributed by atoms with Crippen molar-refractivity contribution in [1.29, 1.82) is 0 Å². The maximum absolute atomic E-state index is 8.81. The van der Waals surface area contributed by atoms with E-state index in [0.717, 1.165) is 52.9 Å². The summed E-state index contributed by atoms with van der Waals surface area (Å²) in [5, 5.41) is 4.55. The monoisotopic (exact) mass is 554 g/mol. The van der Waals surface area contributed by atoms with Gasteiger partial charge < -0.3 is 19.7 Å². The molecule has 5 nitrogen and oxygen atoms in total.